The predicted molar refractivity (Wildman–Crippen MR) is 85.7 cm³/mol. The number of halogens is 1. The van der Waals surface area contributed by atoms with Gasteiger partial charge in [0.15, 0.2) is 0 Å². The molecular weight excluding hydrogens is 300 g/mol. The van der Waals surface area contributed by atoms with E-state index in [1.54, 1.807) is 38.1 Å². The Morgan fingerprint density at radius 1 is 1.05 bits per heavy atom. The van der Waals surface area contributed by atoms with E-state index < -0.39 is 5.66 Å². The van der Waals surface area contributed by atoms with Gasteiger partial charge in [-0.15, -0.1) is 4.74 Å². The van der Waals surface area contributed by atoms with Crippen LogP contribution >= 0.6 is 11.6 Å². The van der Waals surface area contributed by atoms with E-state index >= 15 is 0 Å². The Kier molecular flexibility index (Phi) is 3.41. The van der Waals surface area contributed by atoms with E-state index in [1.807, 2.05) is 30.3 Å². The lowest BCUT2D eigenvalue weighted by Crippen LogP contribution is -2.40. The summed E-state index contributed by atoms with van der Waals surface area (Å²) in [5.74, 6) is 0. The van der Waals surface area contributed by atoms with Gasteiger partial charge in [-0.1, -0.05) is 29.8 Å². The average molecular weight is 316 g/mol. The van der Waals surface area contributed by atoms with Gasteiger partial charge in [0.2, 0.25) is 0 Å². The maximum absolute atomic E-state index is 12.7. The van der Waals surface area contributed by atoms with E-state index in [9.17, 15) is 10.4 Å². The standard InChI is InChI=1S/C17H16ClN2O2/c1-12-16(13-6-4-3-5-7-13)20(22)17(2,19(12)21)14-8-10-15(18)11-9-14/h3-11,22H,1-2H3/q+1/t17-/m0/s1. The van der Waals surface area contributed by atoms with E-state index in [-0.39, 0.29) is 0 Å². The Labute approximate surface area is 133 Å². The molecule has 0 amide bonds. The van der Waals surface area contributed by atoms with Crippen LogP contribution in [0.4, 0.5) is 0 Å². The highest BCUT2D eigenvalue weighted by Crippen LogP contribution is 2.31. The molecule has 0 fully saturated rings. The first-order chi connectivity index (χ1) is 10.5. The van der Waals surface area contributed by atoms with Crippen LogP contribution in [0.15, 0.2) is 54.6 Å². The van der Waals surface area contributed by atoms with Gasteiger partial charge in [0.25, 0.3) is 5.71 Å². The van der Waals surface area contributed by atoms with Crippen molar-refractivity contribution in [3.8, 4) is 0 Å². The van der Waals surface area contributed by atoms with Gasteiger partial charge in [0, 0.05) is 11.9 Å². The minimum Gasteiger partial charge on any atom is -0.618 e. The number of hydroxylamine groups is 2. The van der Waals surface area contributed by atoms with Crippen molar-refractivity contribution in [2.45, 2.75) is 19.5 Å². The highest BCUT2D eigenvalue weighted by atomic mass is 35.5. The Bertz CT molecular complexity index is 782. The van der Waals surface area contributed by atoms with E-state index in [1.165, 1.54) is 0 Å². The molecule has 2 aromatic rings. The molecule has 1 atom stereocenters. The van der Waals surface area contributed by atoms with Crippen molar-refractivity contribution in [3.63, 3.8) is 0 Å². The fraction of sp³-hybridized carbons (Fsp3) is 0.176. The molecule has 5 heteroatoms. The lowest BCUT2D eigenvalue weighted by atomic mass is 10.0. The summed E-state index contributed by atoms with van der Waals surface area (Å²) in [5, 5.41) is 24.0. The SMILES string of the molecule is CC1=[N+]([O-])[C@](C)(c2ccc(Cl)cc2)[N+](O)=C1c1ccccc1. The fourth-order valence-corrected chi connectivity index (χ4v) is 2.94. The van der Waals surface area contributed by atoms with E-state index in [4.69, 9.17) is 11.6 Å². The zero-order valence-corrected chi connectivity index (χ0v) is 13.1. The minimum atomic E-state index is -1.22. The van der Waals surface area contributed by atoms with Crippen molar-refractivity contribution in [2.24, 2.45) is 0 Å². The fourth-order valence-electron chi connectivity index (χ4n) is 2.81. The number of rotatable bonds is 2. The normalized spacial score (nSPS) is 21.6. The van der Waals surface area contributed by atoms with Crippen LogP contribution in [-0.4, -0.2) is 26.1 Å². The van der Waals surface area contributed by atoms with Gasteiger partial charge in [-0.2, -0.15) is 0 Å². The first kappa shape index (κ1) is 14.6. The maximum Gasteiger partial charge on any atom is 0.431 e. The Morgan fingerprint density at radius 2 is 1.64 bits per heavy atom. The van der Waals surface area contributed by atoms with Gasteiger partial charge in [0.1, 0.15) is 0 Å². The molecule has 0 aromatic heterocycles. The minimum absolute atomic E-state index is 0.464. The molecule has 0 radical (unpaired) electrons. The van der Waals surface area contributed by atoms with Crippen LogP contribution in [0.1, 0.15) is 25.0 Å². The molecule has 0 spiro atoms. The van der Waals surface area contributed by atoms with E-state index in [0.717, 1.165) is 15.0 Å². The monoisotopic (exact) mass is 315 g/mol. The summed E-state index contributed by atoms with van der Waals surface area (Å²) in [6, 6.07) is 16.3. The molecule has 1 aliphatic rings. The topological polar surface area (TPSA) is 49.3 Å². The third-order valence-electron chi connectivity index (χ3n) is 4.11. The van der Waals surface area contributed by atoms with E-state index in [2.05, 4.69) is 0 Å². The second-order valence-corrected chi connectivity index (χ2v) is 5.87. The Balaban J connectivity index is 2.21. The van der Waals surface area contributed by atoms with Gasteiger partial charge in [-0.3, -0.25) is 5.21 Å². The molecule has 1 heterocycles. The summed E-state index contributed by atoms with van der Waals surface area (Å²) in [5.41, 5.74) is 1.21. The van der Waals surface area contributed by atoms with Crippen molar-refractivity contribution >= 4 is 23.0 Å². The van der Waals surface area contributed by atoms with Gasteiger partial charge in [-0.25, -0.2) is 0 Å². The smallest absolute Gasteiger partial charge is 0.431 e. The molecule has 112 valence electrons. The van der Waals surface area contributed by atoms with Crippen molar-refractivity contribution in [1.29, 1.82) is 0 Å². The second kappa shape index (κ2) is 5.14. The van der Waals surface area contributed by atoms with Crippen LogP contribution in [-0.2, 0) is 5.66 Å². The van der Waals surface area contributed by atoms with E-state index in [0.29, 0.717) is 22.0 Å². The van der Waals surface area contributed by atoms with Gasteiger partial charge in [0.05, 0.1) is 22.8 Å². The first-order valence-electron chi connectivity index (χ1n) is 6.95. The summed E-state index contributed by atoms with van der Waals surface area (Å²) >= 11 is 5.91. The van der Waals surface area contributed by atoms with Gasteiger partial charge < -0.3 is 5.21 Å². The molecule has 1 aliphatic heterocycles. The molecule has 0 saturated carbocycles. The highest BCUT2D eigenvalue weighted by molar-refractivity contribution is 6.44. The molecule has 0 saturated heterocycles. The third-order valence-corrected chi connectivity index (χ3v) is 4.36. The molecule has 0 bridgehead atoms. The highest BCUT2D eigenvalue weighted by Gasteiger charge is 2.58. The third kappa shape index (κ3) is 1.99. The van der Waals surface area contributed by atoms with Crippen LogP contribution in [0.3, 0.4) is 0 Å². The molecule has 0 aliphatic carbocycles. The number of nitrogens with zero attached hydrogens (tertiary/aromatic N) is 2. The largest absolute Gasteiger partial charge is 0.618 e. The molecule has 3 rings (SSSR count). The Morgan fingerprint density at radius 3 is 2.23 bits per heavy atom. The van der Waals surface area contributed by atoms with Crippen molar-refractivity contribution < 1.29 is 14.7 Å². The number of hydrogen-bond donors (Lipinski definition) is 1. The zero-order valence-electron chi connectivity index (χ0n) is 12.3. The van der Waals surface area contributed by atoms with Gasteiger partial charge in [-0.05, 0) is 36.4 Å². The second-order valence-electron chi connectivity index (χ2n) is 5.43. The summed E-state index contributed by atoms with van der Waals surface area (Å²) < 4.78 is 1.87. The number of hydrogen-bond acceptors (Lipinski definition) is 2. The maximum atomic E-state index is 12.7. The molecule has 2 aromatic carbocycles. The van der Waals surface area contributed by atoms with Crippen LogP contribution < -0.4 is 0 Å². The summed E-state index contributed by atoms with van der Waals surface area (Å²) in [6.45, 7) is 3.39. The van der Waals surface area contributed by atoms with Crippen molar-refractivity contribution in [1.82, 2.24) is 0 Å². The first-order valence-corrected chi connectivity index (χ1v) is 7.33. The molecule has 4 nitrogen and oxygen atoms in total. The summed E-state index contributed by atoms with van der Waals surface area (Å²) in [7, 11) is 0. The average Bonchev–Trinajstić information content (AvgIpc) is 2.71. The van der Waals surface area contributed by atoms with Crippen molar-refractivity contribution in [2.75, 3.05) is 0 Å². The summed E-state index contributed by atoms with van der Waals surface area (Å²) in [4.78, 5) is 0. The molecule has 0 unspecified atom stereocenters. The van der Waals surface area contributed by atoms with Crippen LogP contribution in [0.5, 0.6) is 0 Å². The van der Waals surface area contributed by atoms with Crippen LogP contribution in [0, 0.1) is 5.21 Å². The Hall–Kier alpha value is -2.33. The summed E-state index contributed by atoms with van der Waals surface area (Å²) in [6.07, 6.45) is 0. The lowest BCUT2D eigenvalue weighted by Gasteiger charge is -2.17. The molecule has 22 heavy (non-hydrogen) atoms. The number of benzene rings is 2. The van der Waals surface area contributed by atoms with Gasteiger partial charge >= 0.3 is 11.4 Å². The van der Waals surface area contributed by atoms with Crippen LogP contribution in [0.25, 0.3) is 0 Å². The predicted octanol–water partition coefficient (Wildman–Crippen LogP) is 3.39. The van der Waals surface area contributed by atoms with Crippen molar-refractivity contribution in [3.05, 3.63) is 76.0 Å². The van der Waals surface area contributed by atoms with Crippen LogP contribution in [0.2, 0.25) is 5.02 Å². The zero-order chi connectivity index (χ0) is 15.9. The quantitative estimate of drug-likeness (QED) is 0.524. The lowest BCUT2D eigenvalue weighted by molar-refractivity contribution is -0.929. The molecule has 1 N–H and O–H groups in total. The molecular formula is C17H16ClN2O2+.